The summed E-state index contributed by atoms with van der Waals surface area (Å²) in [4.78, 5) is 24.0. The second-order valence-electron chi connectivity index (χ2n) is 8.55. The number of carbonyl (C=O) groups excluding carboxylic acids is 2. The largest absolute Gasteiger partial charge is 0.466 e. The van der Waals surface area contributed by atoms with Crippen molar-refractivity contribution in [2.45, 2.75) is 128 Å². The van der Waals surface area contributed by atoms with E-state index in [4.69, 9.17) is 9.47 Å². The molecule has 1 N–H and O–H groups in total. The molecular formula is C24H46Na2O7S. The number of carbonyl (C=O) groups is 2. The Morgan fingerprint density at radius 2 is 1.00 bits per heavy atom. The van der Waals surface area contributed by atoms with Crippen LogP contribution in [-0.2, 0) is 29.2 Å². The van der Waals surface area contributed by atoms with Gasteiger partial charge in [-0.05, 0) is 12.8 Å². The second kappa shape index (κ2) is 26.9. The zero-order chi connectivity index (χ0) is 24.1. The standard InChI is InChI=1S/C24H46O7S.2Na/c1-3-5-7-9-11-13-15-17-19-30-23(25)21-22(32(27,28)29)24(26)31-20-18-16-14-12-10-8-6-4-2;;/h22H,3-21H2,1-2H3,(H,27,28,29);;. The molecule has 0 aromatic carbocycles. The number of rotatable bonds is 22. The Labute approximate surface area is 252 Å². The smallest absolute Gasteiger partial charge is 0.327 e. The number of unbranched alkanes of at least 4 members (excludes halogenated alkanes) is 14. The van der Waals surface area contributed by atoms with Crippen LogP contribution in [-0.4, -0.2) is 102 Å². The minimum atomic E-state index is -4.75. The van der Waals surface area contributed by atoms with Crippen molar-refractivity contribution in [3.63, 3.8) is 0 Å². The van der Waals surface area contributed by atoms with Gasteiger partial charge in [0, 0.05) is 59.1 Å². The van der Waals surface area contributed by atoms with Gasteiger partial charge in [0.25, 0.3) is 10.1 Å². The molecule has 0 fully saturated rings. The summed E-state index contributed by atoms with van der Waals surface area (Å²) in [5.74, 6) is -1.92. The van der Waals surface area contributed by atoms with E-state index in [1.807, 2.05) is 0 Å². The quantitative estimate of drug-likeness (QED) is 0.0893. The molecule has 7 nitrogen and oxygen atoms in total. The third-order valence-corrected chi connectivity index (χ3v) is 6.56. The van der Waals surface area contributed by atoms with E-state index in [2.05, 4.69) is 13.8 Å². The van der Waals surface area contributed by atoms with Crippen molar-refractivity contribution in [3.8, 4) is 0 Å². The molecule has 0 heterocycles. The maximum atomic E-state index is 12.1. The summed E-state index contributed by atoms with van der Waals surface area (Å²) in [5, 5.41) is -1.93. The van der Waals surface area contributed by atoms with E-state index in [0.717, 1.165) is 38.5 Å². The van der Waals surface area contributed by atoms with Gasteiger partial charge in [-0.2, -0.15) is 8.42 Å². The first-order chi connectivity index (χ1) is 15.3. The summed E-state index contributed by atoms with van der Waals surface area (Å²) < 4.78 is 42.4. The molecule has 0 aliphatic rings. The van der Waals surface area contributed by atoms with Gasteiger partial charge in [-0.15, -0.1) is 0 Å². The number of esters is 2. The van der Waals surface area contributed by atoms with Gasteiger partial charge in [0.1, 0.15) is 0 Å². The average Bonchev–Trinajstić information content (AvgIpc) is 2.74. The Morgan fingerprint density at radius 3 is 1.38 bits per heavy atom. The SMILES string of the molecule is CCCCCCCCCCOC(=O)CC(C(=O)OCCCCCCCCCC)S(=O)(=O)O.[Na].[Na]. The summed E-state index contributed by atoms with van der Waals surface area (Å²) in [7, 11) is -4.75. The van der Waals surface area contributed by atoms with Gasteiger partial charge in [0.2, 0.25) is 0 Å². The van der Waals surface area contributed by atoms with Gasteiger partial charge in [-0.1, -0.05) is 104 Å². The molecule has 0 amide bonds. The van der Waals surface area contributed by atoms with Gasteiger partial charge in [-0.3, -0.25) is 14.1 Å². The number of hydrogen-bond acceptors (Lipinski definition) is 6. The molecule has 2 radical (unpaired) electrons. The normalized spacial score (nSPS) is 11.7. The predicted molar refractivity (Wildman–Crippen MR) is 139 cm³/mol. The molecule has 0 aromatic heterocycles. The molecular weight excluding hydrogens is 478 g/mol. The Morgan fingerprint density at radius 1 is 0.647 bits per heavy atom. The van der Waals surface area contributed by atoms with Crippen molar-refractivity contribution in [2.24, 2.45) is 0 Å². The Hall–Kier alpha value is 0.850. The van der Waals surface area contributed by atoms with Crippen LogP contribution in [0.3, 0.4) is 0 Å². The fourth-order valence-corrected chi connectivity index (χ4v) is 4.10. The molecule has 1 atom stereocenters. The second-order valence-corrected chi connectivity index (χ2v) is 10.1. The third kappa shape index (κ3) is 24.5. The first-order valence-electron chi connectivity index (χ1n) is 12.6. The molecule has 1 unspecified atom stereocenters. The zero-order valence-electron chi connectivity index (χ0n) is 22.3. The van der Waals surface area contributed by atoms with Crippen LogP contribution in [0.1, 0.15) is 123 Å². The van der Waals surface area contributed by atoms with E-state index < -0.39 is 33.7 Å². The van der Waals surface area contributed by atoms with Gasteiger partial charge in [-0.25, -0.2) is 0 Å². The fraction of sp³-hybridized carbons (Fsp3) is 0.917. The van der Waals surface area contributed by atoms with E-state index in [-0.39, 0.29) is 72.3 Å². The number of hydrogen-bond donors (Lipinski definition) is 1. The Bertz CT molecular complexity index is 586. The van der Waals surface area contributed by atoms with E-state index in [1.54, 1.807) is 0 Å². The van der Waals surface area contributed by atoms with Crippen LogP contribution >= 0.6 is 0 Å². The van der Waals surface area contributed by atoms with Crippen molar-refractivity contribution < 1.29 is 32.0 Å². The maximum Gasteiger partial charge on any atom is 0.327 e. The van der Waals surface area contributed by atoms with Crippen LogP contribution in [0, 0.1) is 0 Å². The molecule has 192 valence electrons. The molecule has 0 aliphatic heterocycles. The Kier molecular flexibility index (Phi) is 31.1. The predicted octanol–water partition coefficient (Wildman–Crippen LogP) is 5.24. The first kappa shape index (κ1) is 39.4. The van der Waals surface area contributed by atoms with Crippen LogP contribution in [0.5, 0.6) is 0 Å². The zero-order valence-corrected chi connectivity index (χ0v) is 27.1. The van der Waals surface area contributed by atoms with Gasteiger partial charge < -0.3 is 9.47 Å². The van der Waals surface area contributed by atoms with Crippen LogP contribution in [0.15, 0.2) is 0 Å². The van der Waals surface area contributed by atoms with Crippen LogP contribution in [0.25, 0.3) is 0 Å². The molecule has 0 aromatic rings. The van der Waals surface area contributed by atoms with Gasteiger partial charge in [0.15, 0.2) is 5.25 Å². The van der Waals surface area contributed by atoms with Gasteiger partial charge >= 0.3 is 11.9 Å². The summed E-state index contributed by atoms with van der Waals surface area (Å²) in [6, 6.07) is 0. The molecule has 0 saturated heterocycles. The topological polar surface area (TPSA) is 107 Å². The molecule has 0 spiro atoms. The summed E-state index contributed by atoms with van der Waals surface area (Å²) >= 11 is 0. The van der Waals surface area contributed by atoms with E-state index in [9.17, 15) is 22.6 Å². The fourth-order valence-electron chi connectivity index (χ4n) is 3.44. The van der Waals surface area contributed by atoms with E-state index in [1.165, 1.54) is 51.4 Å². The van der Waals surface area contributed by atoms with Crippen molar-refractivity contribution in [3.05, 3.63) is 0 Å². The average molecular weight is 525 g/mol. The first-order valence-corrected chi connectivity index (χ1v) is 14.1. The third-order valence-electron chi connectivity index (χ3n) is 5.48. The van der Waals surface area contributed by atoms with Crippen molar-refractivity contribution in [1.29, 1.82) is 0 Å². The van der Waals surface area contributed by atoms with Crippen LogP contribution in [0.4, 0.5) is 0 Å². The molecule has 34 heavy (non-hydrogen) atoms. The minimum Gasteiger partial charge on any atom is -0.466 e. The minimum absolute atomic E-state index is 0. The van der Waals surface area contributed by atoms with Crippen molar-refractivity contribution >= 4 is 81.2 Å². The molecule has 0 aliphatic carbocycles. The molecule has 10 heteroatoms. The maximum absolute atomic E-state index is 12.1. The van der Waals surface area contributed by atoms with E-state index in [0.29, 0.717) is 12.8 Å². The molecule has 0 rings (SSSR count). The van der Waals surface area contributed by atoms with Crippen LogP contribution in [0.2, 0.25) is 0 Å². The van der Waals surface area contributed by atoms with Crippen molar-refractivity contribution in [1.82, 2.24) is 0 Å². The van der Waals surface area contributed by atoms with E-state index >= 15 is 0 Å². The van der Waals surface area contributed by atoms with Crippen molar-refractivity contribution in [2.75, 3.05) is 13.2 Å². The summed E-state index contributed by atoms with van der Waals surface area (Å²) in [6.07, 6.45) is 16.6. The number of ether oxygens (including phenoxy) is 2. The van der Waals surface area contributed by atoms with Crippen LogP contribution < -0.4 is 0 Å². The summed E-state index contributed by atoms with van der Waals surface area (Å²) in [6.45, 7) is 4.61. The Balaban J connectivity index is -0.00000480. The van der Waals surface area contributed by atoms with Gasteiger partial charge in [0.05, 0.1) is 19.6 Å². The monoisotopic (exact) mass is 524 g/mol. The summed E-state index contributed by atoms with van der Waals surface area (Å²) in [5.41, 5.74) is 0. The molecule has 0 bridgehead atoms. The molecule has 0 saturated carbocycles.